The number of benzene rings is 1. The molecule has 1 rings (SSSR count). The third-order valence-electron chi connectivity index (χ3n) is 1.57. The normalized spacial score (nSPS) is 18.9. The van der Waals surface area contributed by atoms with Crippen molar-refractivity contribution >= 4 is 5.97 Å². The van der Waals surface area contributed by atoms with Crippen LogP contribution in [0.5, 0.6) is 11.5 Å². The van der Waals surface area contributed by atoms with Crippen molar-refractivity contribution in [1.82, 2.24) is 0 Å². The number of aromatic hydroxyl groups is 2. The predicted octanol–water partition coefficient (Wildman–Crippen LogP) is 0.0522. The summed E-state index contributed by atoms with van der Waals surface area (Å²) in [5.74, 6) is -2.52. The molecule has 5 N–H and O–H groups in total. The molecule has 1 aromatic rings. The molecule has 0 amide bonds. The molecule has 14 heavy (non-hydrogen) atoms. The smallest absolute Gasteiger partial charge is 0.320 e. The first-order valence-corrected chi connectivity index (χ1v) is 3.73. The Morgan fingerprint density at radius 3 is 2.71 bits per heavy atom. The maximum atomic E-state index is 10.6. The number of phenols is 2. The van der Waals surface area contributed by atoms with Gasteiger partial charge in [0.25, 0.3) is 0 Å². The van der Waals surface area contributed by atoms with Crippen molar-refractivity contribution in [2.75, 3.05) is 0 Å². The summed E-state index contributed by atoms with van der Waals surface area (Å²) in [6, 6.07) is 0.825. The number of hydrogen-bond donors (Lipinski definition) is 4. The van der Waals surface area contributed by atoms with Crippen LogP contribution in [0.25, 0.3) is 0 Å². The fourth-order valence-corrected chi connectivity index (χ4v) is 0.872. The van der Waals surface area contributed by atoms with Gasteiger partial charge in [-0.3, -0.25) is 4.79 Å². The number of carboxylic acids is 1. The van der Waals surface area contributed by atoms with Crippen LogP contribution in [-0.2, 0) is 11.2 Å². The van der Waals surface area contributed by atoms with E-state index in [1.54, 1.807) is 0 Å². The molecule has 0 aliphatic heterocycles. The second kappa shape index (κ2) is 3.97. The minimum absolute atomic E-state index is 0.0372. The number of phenolic OH excluding ortho intramolecular Hbond substituents is 2. The Morgan fingerprint density at radius 1 is 1.57 bits per heavy atom. The van der Waals surface area contributed by atoms with Crippen molar-refractivity contribution in [3.05, 3.63) is 23.8 Å². The van der Waals surface area contributed by atoms with Crippen LogP contribution in [0, 0.1) is 0 Å². The van der Waals surface area contributed by atoms with E-state index in [0.29, 0.717) is 0 Å². The van der Waals surface area contributed by atoms with Crippen LogP contribution in [0.4, 0.5) is 0 Å². The molecule has 2 atom stereocenters. The molecule has 0 fully saturated rings. The summed E-state index contributed by atoms with van der Waals surface area (Å²) in [5.41, 5.74) is 5.20. The summed E-state index contributed by atoms with van der Waals surface area (Å²) in [4.78, 5) is 10.6. The number of aliphatic carboxylic acids is 1. The largest absolute Gasteiger partial charge is 0.504 e. The van der Waals surface area contributed by atoms with E-state index in [4.69, 9.17) is 18.7 Å². The van der Waals surface area contributed by atoms with Crippen molar-refractivity contribution < 1.29 is 22.9 Å². The summed E-state index contributed by atoms with van der Waals surface area (Å²) in [7, 11) is 0. The number of rotatable bonds is 3. The lowest BCUT2D eigenvalue weighted by molar-refractivity contribution is -0.138. The van der Waals surface area contributed by atoms with Crippen LogP contribution >= 0.6 is 0 Å². The van der Waals surface area contributed by atoms with E-state index in [9.17, 15) is 9.90 Å². The Morgan fingerprint density at radius 2 is 2.21 bits per heavy atom. The van der Waals surface area contributed by atoms with E-state index in [2.05, 4.69) is 0 Å². The predicted molar refractivity (Wildman–Crippen MR) is 49.1 cm³/mol. The molecule has 0 aliphatic rings. The fraction of sp³-hybridized carbons (Fsp3) is 0.222. The van der Waals surface area contributed by atoms with Gasteiger partial charge in [0.2, 0.25) is 0 Å². The molecule has 0 radical (unpaired) electrons. The van der Waals surface area contributed by atoms with Crippen LogP contribution in [0.15, 0.2) is 18.2 Å². The van der Waals surface area contributed by atoms with E-state index >= 15 is 0 Å². The van der Waals surface area contributed by atoms with Gasteiger partial charge in [-0.05, 0) is 24.1 Å². The summed E-state index contributed by atoms with van der Waals surface area (Å²) >= 11 is 0. The minimum Gasteiger partial charge on any atom is -0.504 e. The molecule has 0 bridgehead atoms. The van der Waals surface area contributed by atoms with Gasteiger partial charge in [0, 0.05) is 1.37 Å². The molecule has 76 valence electrons. The lowest BCUT2D eigenvalue weighted by Gasteiger charge is -2.06. The van der Waals surface area contributed by atoms with Crippen molar-refractivity contribution in [2.45, 2.75) is 12.4 Å². The molecule has 5 nitrogen and oxygen atoms in total. The molecular weight excluding hydrogens is 186 g/mol. The molecule has 0 spiro atoms. The minimum atomic E-state index is -2.51. The van der Waals surface area contributed by atoms with Crippen LogP contribution in [0.1, 0.15) is 8.30 Å². The summed E-state index contributed by atoms with van der Waals surface area (Å²) in [5, 5.41) is 26.9. The third-order valence-corrected chi connectivity index (χ3v) is 1.57. The summed E-state index contributed by atoms with van der Waals surface area (Å²) in [6.07, 6.45) is -1.57. The maximum absolute atomic E-state index is 10.6. The lowest BCUT2D eigenvalue weighted by atomic mass is 10.1. The van der Waals surface area contributed by atoms with E-state index in [-0.39, 0.29) is 11.3 Å². The van der Waals surface area contributed by atoms with Gasteiger partial charge < -0.3 is 21.1 Å². The molecule has 1 aromatic carbocycles. The summed E-state index contributed by atoms with van der Waals surface area (Å²) in [6.45, 7) is 0. The van der Waals surface area contributed by atoms with Gasteiger partial charge in [-0.25, -0.2) is 0 Å². The van der Waals surface area contributed by atoms with Gasteiger partial charge in [0.15, 0.2) is 11.5 Å². The van der Waals surface area contributed by atoms with Gasteiger partial charge in [0.1, 0.15) is 6.02 Å². The molecule has 0 aromatic heterocycles. The molecule has 0 aliphatic carbocycles. The van der Waals surface area contributed by atoms with E-state index in [1.807, 2.05) is 0 Å². The second-order valence-corrected chi connectivity index (χ2v) is 2.65. The van der Waals surface area contributed by atoms with E-state index in [1.165, 1.54) is 6.07 Å². The van der Waals surface area contributed by atoms with Crippen LogP contribution < -0.4 is 5.73 Å². The highest BCUT2D eigenvalue weighted by atomic mass is 16.4. The van der Waals surface area contributed by atoms with Gasteiger partial charge in [0.05, 0.1) is 1.37 Å². The quantitative estimate of drug-likeness (QED) is 0.515. The molecule has 0 saturated heterocycles. The molecule has 5 heteroatoms. The first kappa shape index (κ1) is 7.64. The van der Waals surface area contributed by atoms with E-state index < -0.39 is 24.1 Å². The average Bonchev–Trinajstić information content (AvgIpc) is 2.20. The molecule has 2 unspecified atom stereocenters. The van der Waals surface area contributed by atoms with Crippen LogP contribution in [-0.4, -0.2) is 27.3 Å². The van der Waals surface area contributed by atoms with Crippen LogP contribution in [0.3, 0.4) is 0 Å². The molecule has 0 heterocycles. The lowest BCUT2D eigenvalue weighted by Crippen LogP contribution is -2.32. The van der Waals surface area contributed by atoms with Crippen molar-refractivity contribution in [2.24, 2.45) is 5.73 Å². The first-order valence-electron chi connectivity index (χ1n) is 4.81. The standard InChI is InChI=1S/C9H11NO4/c10-6(9(13)14)3-5-1-2-7(11)8(12)4-5/h1-2,4,6,11-12H,3,10H2,(H,13,14)/i3D,6D. The Balaban J connectivity index is 3.10. The highest BCUT2D eigenvalue weighted by Crippen LogP contribution is 2.25. The zero-order chi connectivity index (χ0) is 12.5. The van der Waals surface area contributed by atoms with E-state index in [0.717, 1.165) is 12.1 Å². The second-order valence-electron chi connectivity index (χ2n) is 2.65. The van der Waals surface area contributed by atoms with Gasteiger partial charge in [-0.1, -0.05) is 6.07 Å². The Labute approximate surface area is 83.2 Å². The van der Waals surface area contributed by atoms with Crippen molar-refractivity contribution in [1.29, 1.82) is 0 Å². The van der Waals surface area contributed by atoms with Crippen LogP contribution in [0.2, 0.25) is 0 Å². The molecular formula is C9H11NO4. The number of hydrogen-bond acceptors (Lipinski definition) is 4. The fourth-order valence-electron chi connectivity index (χ4n) is 0.872. The SMILES string of the molecule is [2H]C(c1ccc(O)c(O)c1)C([2H])(N)C(=O)O. The summed E-state index contributed by atoms with van der Waals surface area (Å²) < 4.78 is 14.8. The number of carboxylic acid groups (broad SMARTS) is 1. The van der Waals surface area contributed by atoms with Gasteiger partial charge in [-0.2, -0.15) is 0 Å². The van der Waals surface area contributed by atoms with Gasteiger partial charge in [-0.15, -0.1) is 0 Å². The zero-order valence-corrected chi connectivity index (χ0v) is 7.14. The highest BCUT2D eigenvalue weighted by Gasteiger charge is 2.12. The van der Waals surface area contributed by atoms with Gasteiger partial charge >= 0.3 is 5.97 Å². The molecule has 0 saturated carbocycles. The zero-order valence-electron chi connectivity index (χ0n) is 9.14. The van der Waals surface area contributed by atoms with Crippen molar-refractivity contribution in [3.63, 3.8) is 0 Å². The monoisotopic (exact) mass is 199 g/mol. The highest BCUT2D eigenvalue weighted by molar-refractivity contribution is 5.73. The Kier molecular flexibility index (Phi) is 2.17. The average molecular weight is 199 g/mol. The third kappa shape index (κ3) is 2.37. The Bertz CT molecular complexity index is 422. The Hall–Kier alpha value is -1.75. The maximum Gasteiger partial charge on any atom is 0.320 e. The first-order chi connectivity index (χ1) is 7.26. The number of nitrogens with two attached hydrogens (primary N) is 1. The van der Waals surface area contributed by atoms with Crippen molar-refractivity contribution in [3.8, 4) is 11.5 Å². The number of carbonyl (C=O) groups is 1. The topological polar surface area (TPSA) is 104 Å².